The molecule has 0 aromatic heterocycles. The molecule has 1 rings (SSSR count). The Balaban J connectivity index is 2.88. The van der Waals surface area contributed by atoms with Gasteiger partial charge in [0.25, 0.3) is 0 Å². The molecule has 0 saturated carbocycles. The van der Waals surface area contributed by atoms with E-state index >= 15 is 0 Å². The highest BCUT2D eigenvalue weighted by molar-refractivity contribution is 5.78. The molecule has 17 heavy (non-hydrogen) atoms. The number of rotatable bonds is 6. The Kier molecular flexibility index (Phi) is 5.43. The number of carbonyl (C=O) groups excluding carboxylic acids is 1. The van der Waals surface area contributed by atoms with Crippen LogP contribution in [-0.4, -0.2) is 12.6 Å². The van der Waals surface area contributed by atoms with Gasteiger partial charge in [-0.05, 0) is 24.5 Å². The average Bonchev–Trinajstić information content (AvgIpc) is 2.36. The van der Waals surface area contributed by atoms with E-state index in [1.54, 1.807) is 13.0 Å². The molecule has 0 bridgehead atoms. The van der Waals surface area contributed by atoms with Crippen molar-refractivity contribution in [3.63, 3.8) is 0 Å². The van der Waals surface area contributed by atoms with Gasteiger partial charge in [0.1, 0.15) is 0 Å². The van der Waals surface area contributed by atoms with Gasteiger partial charge >= 0.3 is 5.97 Å². The molecule has 0 aliphatic carbocycles. The number of hydrogen-bond acceptors (Lipinski definition) is 3. The maximum absolute atomic E-state index is 11.8. The zero-order valence-electron chi connectivity index (χ0n) is 10.2. The molecule has 0 spiro atoms. The Bertz CT molecular complexity index is 370. The fraction of sp³-hybridized carbons (Fsp3) is 0.357. The smallest absolute Gasteiger partial charge is 0.313 e. The molecule has 0 aliphatic rings. The average molecular weight is 233 g/mol. The second-order valence-electron chi connectivity index (χ2n) is 3.77. The van der Waals surface area contributed by atoms with Crippen LogP contribution in [0.5, 0.6) is 0 Å². The lowest BCUT2D eigenvalue weighted by atomic mass is 9.95. The Labute approximate surface area is 102 Å². The monoisotopic (exact) mass is 233 g/mol. The van der Waals surface area contributed by atoms with Gasteiger partial charge in [0, 0.05) is 6.54 Å². The summed E-state index contributed by atoms with van der Waals surface area (Å²) in [4.78, 5) is 11.8. The standard InChI is InChI=1S/C14H19NO2/c1-3-5-13(14(16)17-4-2)12-8-6-11(10-15)7-9-12/h3,6-9,13H,1,4-5,10,15H2,2H3. The van der Waals surface area contributed by atoms with Crippen molar-refractivity contribution in [2.75, 3.05) is 6.61 Å². The Morgan fingerprint density at radius 2 is 2.12 bits per heavy atom. The maximum atomic E-state index is 11.8. The second kappa shape index (κ2) is 6.86. The third kappa shape index (κ3) is 3.71. The normalized spacial score (nSPS) is 11.9. The molecule has 1 unspecified atom stereocenters. The van der Waals surface area contributed by atoms with Crippen molar-refractivity contribution in [1.82, 2.24) is 0 Å². The minimum absolute atomic E-state index is 0.201. The largest absolute Gasteiger partial charge is 0.466 e. The van der Waals surface area contributed by atoms with Gasteiger partial charge in [-0.2, -0.15) is 0 Å². The number of nitrogens with two attached hydrogens (primary N) is 1. The zero-order chi connectivity index (χ0) is 12.7. The van der Waals surface area contributed by atoms with E-state index in [0.717, 1.165) is 11.1 Å². The van der Waals surface area contributed by atoms with Crippen molar-refractivity contribution >= 4 is 5.97 Å². The van der Waals surface area contributed by atoms with Crippen LogP contribution in [0.3, 0.4) is 0 Å². The molecule has 1 atom stereocenters. The summed E-state index contributed by atoms with van der Waals surface area (Å²) in [7, 11) is 0. The molecular weight excluding hydrogens is 214 g/mol. The summed E-state index contributed by atoms with van der Waals surface area (Å²) in [5.41, 5.74) is 7.53. The zero-order valence-corrected chi connectivity index (χ0v) is 10.2. The topological polar surface area (TPSA) is 52.3 Å². The van der Waals surface area contributed by atoms with Gasteiger partial charge in [-0.3, -0.25) is 4.79 Å². The molecule has 0 radical (unpaired) electrons. The van der Waals surface area contributed by atoms with Crippen molar-refractivity contribution in [2.45, 2.75) is 25.8 Å². The van der Waals surface area contributed by atoms with E-state index in [0.29, 0.717) is 19.6 Å². The number of esters is 1. The summed E-state index contributed by atoms with van der Waals surface area (Å²) in [6, 6.07) is 7.72. The molecule has 0 saturated heterocycles. The van der Waals surface area contributed by atoms with E-state index in [9.17, 15) is 4.79 Å². The predicted octanol–water partition coefficient (Wildman–Crippen LogP) is 2.37. The lowest BCUT2D eigenvalue weighted by molar-refractivity contribution is -0.144. The molecular formula is C14H19NO2. The summed E-state index contributed by atoms with van der Waals surface area (Å²) >= 11 is 0. The Morgan fingerprint density at radius 1 is 1.47 bits per heavy atom. The first-order valence-electron chi connectivity index (χ1n) is 5.79. The second-order valence-corrected chi connectivity index (χ2v) is 3.77. The molecule has 0 amide bonds. The molecule has 92 valence electrons. The van der Waals surface area contributed by atoms with Crippen molar-refractivity contribution in [1.29, 1.82) is 0 Å². The highest BCUT2D eigenvalue weighted by Gasteiger charge is 2.20. The summed E-state index contributed by atoms with van der Waals surface area (Å²) in [5, 5.41) is 0. The fourth-order valence-corrected chi connectivity index (χ4v) is 1.66. The first-order valence-corrected chi connectivity index (χ1v) is 5.79. The Morgan fingerprint density at radius 3 is 2.59 bits per heavy atom. The van der Waals surface area contributed by atoms with Crippen LogP contribution in [0.4, 0.5) is 0 Å². The number of ether oxygens (including phenoxy) is 1. The van der Waals surface area contributed by atoms with Gasteiger partial charge in [0.15, 0.2) is 0 Å². The van der Waals surface area contributed by atoms with Crippen molar-refractivity contribution in [2.24, 2.45) is 5.73 Å². The van der Waals surface area contributed by atoms with E-state index in [1.807, 2.05) is 24.3 Å². The van der Waals surface area contributed by atoms with Gasteiger partial charge in [0.05, 0.1) is 12.5 Å². The molecule has 1 aromatic rings. The van der Waals surface area contributed by atoms with Crippen molar-refractivity contribution in [3.8, 4) is 0 Å². The molecule has 0 fully saturated rings. The van der Waals surface area contributed by atoms with Crippen LogP contribution >= 0.6 is 0 Å². The summed E-state index contributed by atoms with van der Waals surface area (Å²) in [5.74, 6) is -0.466. The van der Waals surface area contributed by atoms with E-state index in [2.05, 4.69) is 6.58 Å². The first kappa shape index (κ1) is 13.5. The van der Waals surface area contributed by atoms with Crippen LogP contribution in [0, 0.1) is 0 Å². The van der Waals surface area contributed by atoms with Gasteiger partial charge in [-0.1, -0.05) is 30.3 Å². The summed E-state index contributed by atoms with van der Waals surface area (Å²) in [6.45, 7) is 6.38. The van der Waals surface area contributed by atoms with Crippen LogP contribution in [0.25, 0.3) is 0 Å². The number of carbonyl (C=O) groups is 1. The summed E-state index contributed by atoms with van der Waals surface area (Å²) in [6.07, 6.45) is 2.32. The lowest BCUT2D eigenvalue weighted by Gasteiger charge is -2.14. The minimum Gasteiger partial charge on any atom is -0.466 e. The Hall–Kier alpha value is -1.61. The fourth-order valence-electron chi connectivity index (χ4n) is 1.66. The quantitative estimate of drug-likeness (QED) is 0.606. The maximum Gasteiger partial charge on any atom is 0.313 e. The molecule has 0 aliphatic heterocycles. The number of benzene rings is 1. The van der Waals surface area contributed by atoms with Crippen molar-refractivity contribution < 1.29 is 9.53 Å². The van der Waals surface area contributed by atoms with E-state index in [4.69, 9.17) is 10.5 Å². The van der Waals surface area contributed by atoms with E-state index in [-0.39, 0.29) is 11.9 Å². The molecule has 1 aromatic carbocycles. The first-order chi connectivity index (χ1) is 8.22. The van der Waals surface area contributed by atoms with Gasteiger partial charge in [-0.25, -0.2) is 0 Å². The number of hydrogen-bond donors (Lipinski definition) is 1. The molecule has 3 heteroatoms. The number of allylic oxidation sites excluding steroid dienone is 1. The minimum atomic E-state index is -0.265. The van der Waals surface area contributed by atoms with Crippen molar-refractivity contribution in [3.05, 3.63) is 48.0 Å². The molecule has 2 N–H and O–H groups in total. The predicted molar refractivity (Wildman–Crippen MR) is 68.5 cm³/mol. The molecule has 0 heterocycles. The van der Waals surface area contributed by atoms with E-state index < -0.39 is 0 Å². The SMILES string of the molecule is C=CCC(C(=O)OCC)c1ccc(CN)cc1. The van der Waals surface area contributed by atoms with E-state index in [1.165, 1.54) is 0 Å². The van der Waals surface area contributed by atoms with Gasteiger partial charge in [0.2, 0.25) is 0 Å². The summed E-state index contributed by atoms with van der Waals surface area (Å²) < 4.78 is 5.06. The third-order valence-electron chi connectivity index (χ3n) is 2.59. The van der Waals surface area contributed by atoms with Gasteiger partial charge in [-0.15, -0.1) is 6.58 Å². The van der Waals surface area contributed by atoms with Crippen LogP contribution in [-0.2, 0) is 16.1 Å². The van der Waals surface area contributed by atoms with Crippen LogP contribution < -0.4 is 5.73 Å². The van der Waals surface area contributed by atoms with Crippen LogP contribution in [0.15, 0.2) is 36.9 Å². The highest BCUT2D eigenvalue weighted by Crippen LogP contribution is 2.22. The highest BCUT2D eigenvalue weighted by atomic mass is 16.5. The molecule has 3 nitrogen and oxygen atoms in total. The van der Waals surface area contributed by atoms with Crippen LogP contribution in [0.1, 0.15) is 30.4 Å². The third-order valence-corrected chi connectivity index (χ3v) is 2.59. The van der Waals surface area contributed by atoms with Crippen LogP contribution in [0.2, 0.25) is 0 Å². The van der Waals surface area contributed by atoms with Gasteiger partial charge < -0.3 is 10.5 Å². The lowest BCUT2D eigenvalue weighted by Crippen LogP contribution is -2.15.